The maximum Gasteiger partial charge on any atom is 0.299 e. The zero-order valence-corrected chi connectivity index (χ0v) is 12.9. The van der Waals surface area contributed by atoms with E-state index < -0.39 is 17.5 Å². The molecule has 0 saturated carbocycles. The quantitative estimate of drug-likeness (QED) is 0.752. The summed E-state index contributed by atoms with van der Waals surface area (Å²) in [5.41, 5.74) is 0.898. The Morgan fingerprint density at radius 1 is 1.19 bits per heavy atom. The number of benzene rings is 2. The number of carbonyl (C=O) groups excluding carboxylic acids is 2. The Balaban J connectivity index is 2.06. The fourth-order valence-electron chi connectivity index (χ4n) is 2.30. The predicted molar refractivity (Wildman–Crippen MR) is 81.1 cm³/mol. The van der Waals surface area contributed by atoms with E-state index in [2.05, 4.69) is 15.9 Å². The fourth-order valence-corrected chi connectivity index (χ4v) is 2.98. The molecule has 1 heterocycles. The predicted octanol–water partition coefficient (Wildman–Crippen LogP) is 3.97. The van der Waals surface area contributed by atoms with Crippen LogP contribution in [0.5, 0.6) is 0 Å². The van der Waals surface area contributed by atoms with Crippen molar-refractivity contribution in [3.63, 3.8) is 0 Å². The summed E-state index contributed by atoms with van der Waals surface area (Å²) in [5.74, 6) is -1.76. The van der Waals surface area contributed by atoms with Crippen LogP contribution in [0.4, 0.5) is 10.1 Å². The highest BCUT2D eigenvalue weighted by atomic mass is 79.9. The Morgan fingerprint density at radius 3 is 2.71 bits per heavy atom. The molecular weight excluding hydrogens is 361 g/mol. The molecule has 1 amide bonds. The van der Waals surface area contributed by atoms with Crippen LogP contribution in [0.2, 0.25) is 5.02 Å². The second-order valence-corrected chi connectivity index (χ2v) is 5.92. The van der Waals surface area contributed by atoms with E-state index in [0.29, 0.717) is 20.7 Å². The number of anilines is 1. The summed E-state index contributed by atoms with van der Waals surface area (Å²) in [4.78, 5) is 25.3. The Bertz CT molecular complexity index is 778. The van der Waals surface area contributed by atoms with Gasteiger partial charge in [-0.05, 0) is 30.3 Å². The van der Waals surface area contributed by atoms with Crippen LogP contribution in [0.15, 0.2) is 40.9 Å². The average molecular weight is 369 g/mol. The van der Waals surface area contributed by atoms with Crippen LogP contribution in [0.1, 0.15) is 15.9 Å². The molecule has 0 aliphatic carbocycles. The van der Waals surface area contributed by atoms with Gasteiger partial charge in [0.1, 0.15) is 5.82 Å². The lowest BCUT2D eigenvalue weighted by Crippen LogP contribution is -2.29. The second-order valence-electron chi connectivity index (χ2n) is 4.59. The fraction of sp³-hybridized carbons (Fsp3) is 0.0667. The zero-order chi connectivity index (χ0) is 15.1. The Labute approximate surface area is 133 Å². The van der Waals surface area contributed by atoms with Gasteiger partial charge in [0.15, 0.2) is 0 Å². The number of rotatable bonds is 2. The third-order valence-electron chi connectivity index (χ3n) is 3.28. The summed E-state index contributed by atoms with van der Waals surface area (Å²) in [6.45, 7) is -0.0490. The number of hydrogen-bond acceptors (Lipinski definition) is 2. The van der Waals surface area contributed by atoms with E-state index >= 15 is 0 Å². The molecular formula is C15H8BrClFNO2. The maximum absolute atomic E-state index is 13.8. The van der Waals surface area contributed by atoms with E-state index in [-0.39, 0.29) is 12.1 Å². The summed E-state index contributed by atoms with van der Waals surface area (Å²) in [5, 5.41) is 0.294. The molecule has 3 rings (SSSR count). The first-order chi connectivity index (χ1) is 9.99. The van der Waals surface area contributed by atoms with Crippen LogP contribution in [0.25, 0.3) is 0 Å². The molecule has 2 aromatic carbocycles. The number of hydrogen-bond donors (Lipinski definition) is 0. The first-order valence-electron chi connectivity index (χ1n) is 6.07. The van der Waals surface area contributed by atoms with E-state index in [9.17, 15) is 14.0 Å². The molecule has 0 spiro atoms. The number of nitrogens with zero attached hydrogens (tertiary/aromatic N) is 1. The summed E-state index contributed by atoms with van der Waals surface area (Å²) < 4.78 is 14.5. The van der Waals surface area contributed by atoms with Gasteiger partial charge in [-0.3, -0.25) is 14.5 Å². The SMILES string of the molecule is O=C1C(=O)N(Cc2cc(Br)ccc2F)c2c(Cl)cccc21. The van der Waals surface area contributed by atoms with Crippen LogP contribution in [0.3, 0.4) is 0 Å². The standard InChI is InChI=1S/C15H8BrClFNO2/c16-9-4-5-12(18)8(6-9)7-19-13-10(14(20)15(19)21)2-1-3-11(13)17/h1-6H,7H2. The maximum atomic E-state index is 13.8. The van der Waals surface area contributed by atoms with Gasteiger partial charge in [-0.15, -0.1) is 0 Å². The van der Waals surface area contributed by atoms with E-state index in [1.54, 1.807) is 30.3 Å². The summed E-state index contributed by atoms with van der Waals surface area (Å²) in [7, 11) is 0. The number of carbonyl (C=O) groups is 2. The Hall–Kier alpha value is -1.72. The molecule has 6 heteroatoms. The average Bonchev–Trinajstić information content (AvgIpc) is 2.69. The topological polar surface area (TPSA) is 37.4 Å². The number of amides is 1. The number of fused-ring (bicyclic) bond motifs is 1. The summed E-state index contributed by atoms with van der Waals surface area (Å²) >= 11 is 9.34. The lowest BCUT2D eigenvalue weighted by molar-refractivity contribution is -0.114. The van der Waals surface area contributed by atoms with Gasteiger partial charge in [0.05, 0.1) is 22.8 Å². The lowest BCUT2D eigenvalue weighted by atomic mass is 10.1. The molecule has 0 unspecified atom stereocenters. The molecule has 1 aliphatic rings. The van der Waals surface area contributed by atoms with Crippen molar-refractivity contribution in [1.82, 2.24) is 0 Å². The van der Waals surface area contributed by atoms with Crippen LogP contribution in [-0.2, 0) is 11.3 Å². The number of para-hydroxylation sites is 1. The minimum Gasteiger partial charge on any atom is -0.299 e. The Kier molecular flexibility index (Phi) is 3.55. The van der Waals surface area contributed by atoms with Crippen molar-refractivity contribution >= 4 is 44.9 Å². The highest BCUT2D eigenvalue weighted by Gasteiger charge is 2.37. The van der Waals surface area contributed by atoms with E-state index in [1.165, 1.54) is 11.0 Å². The summed E-state index contributed by atoms with van der Waals surface area (Å²) in [6, 6.07) is 9.18. The minimum absolute atomic E-state index is 0.0490. The van der Waals surface area contributed by atoms with Gasteiger partial charge in [-0.2, -0.15) is 0 Å². The normalized spacial score (nSPS) is 13.8. The first-order valence-corrected chi connectivity index (χ1v) is 7.25. The number of Topliss-reactive ketones (excluding diaryl/α,β-unsaturated/α-hetero) is 1. The molecule has 1 aliphatic heterocycles. The van der Waals surface area contributed by atoms with Gasteiger partial charge < -0.3 is 0 Å². The van der Waals surface area contributed by atoms with Gasteiger partial charge in [-0.25, -0.2) is 4.39 Å². The molecule has 0 aromatic heterocycles. The van der Waals surface area contributed by atoms with Crippen molar-refractivity contribution in [3.8, 4) is 0 Å². The Morgan fingerprint density at radius 2 is 1.95 bits per heavy atom. The van der Waals surface area contributed by atoms with Crippen molar-refractivity contribution in [1.29, 1.82) is 0 Å². The van der Waals surface area contributed by atoms with Gasteiger partial charge >= 0.3 is 0 Å². The summed E-state index contributed by atoms with van der Waals surface area (Å²) in [6.07, 6.45) is 0. The molecule has 0 N–H and O–H groups in total. The molecule has 0 radical (unpaired) electrons. The van der Waals surface area contributed by atoms with Crippen molar-refractivity contribution in [2.24, 2.45) is 0 Å². The monoisotopic (exact) mass is 367 g/mol. The number of halogens is 3. The van der Waals surface area contributed by atoms with Gasteiger partial charge in [0.2, 0.25) is 0 Å². The van der Waals surface area contributed by atoms with Crippen LogP contribution in [-0.4, -0.2) is 11.7 Å². The van der Waals surface area contributed by atoms with Crippen LogP contribution < -0.4 is 4.90 Å². The highest BCUT2D eigenvalue weighted by Crippen LogP contribution is 2.37. The van der Waals surface area contributed by atoms with Crippen molar-refractivity contribution in [2.75, 3.05) is 4.90 Å². The van der Waals surface area contributed by atoms with E-state index in [0.717, 1.165) is 0 Å². The minimum atomic E-state index is -0.697. The third-order valence-corrected chi connectivity index (χ3v) is 4.08. The van der Waals surface area contributed by atoms with Crippen molar-refractivity contribution in [3.05, 3.63) is 62.8 Å². The molecule has 0 saturated heterocycles. The second kappa shape index (κ2) is 5.24. The molecule has 0 atom stereocenters. The van der Waals surface area contributed by atoms with Crippen LogP contribution >= 0.6 is 27.5 Å². The molecule has 0 bridgehead atoms. The molecule has 21 heavy (non-hydrogen) atoms. The lowest BCUT2D eigenvalue weighted by Gasteiger charge is -2.18. The van der Waals surface area contributed by atoms with E-state index in [4.69, 9.17) is 11.6 Å². The van der Waals surface area contributed by atoms with Gasteiger partial charge in [0, 0.05) is 10.0 Å². The van der Waals surface area contributed by atoms with E-state index in [1.807, 2.05) is 0 Å². The van der Waals surface area contributed by atoms with Crippen molar-refractivity contribution in [2.45, 2.75) is 6.54 Å². The number of ketones is 1. The first kappa shape index (κ1) is 14.2. The smallest absolute Gasteiger partial charge is 0.299 e. The molecule has 0 fully saturated rings. The van der Waals surface area contributed by atoms with Gasteiger partial charge in [-0.1, -0.05) is 33.6 Å². The van der Waals surface area contributed by atoms with Gasteiger partial charge in [0.25, 0.3) is 11.7 Å². The third kappa shape index (κ3) is 2.36. The van der Waals surface area contributed by atoms with Crippen molar-refractivity contribution < 1.29 is 14.0 Å². The van der Waals surface area contributed by atoms with Crippen LogP contribution in [0, 0.1) is 5.82 Å². The highest BCUT2D eigenvalue weighted by molar-refractivity contribution is 9.10. The largest absolute Gasteiger partial charge is 0.299 e. The molecule has 3 nitrogen and oxygen atoms in total. The molecule has 106 valence electrons. The zero-order valence-electron chi connectivity index (χ0n) is 10.6. The molecule has 2 aromatic rings.